The fraction of sp³-hybridized carbons (Fsp3) is 0.120. The van der Waals surface area contributed by atoms with Crippen molar-refractivity contribution in [2.75, 3.05) is 5.32 Å². The van der Waals surface area contributed by atoms with Crippen LogP contribution in [0.4, 0.5) is 5.69 Å². The maximum Gasteiger partial charge on any atom is 0.125 e. The average molecular weight is 353 g/mol. The van der Waals surface area contributed by atoms with E-state index in [1.165, 1.54) is 27.5 Å². The predicted molar refractivity (Wildman–Crippen MR) is 113 cm³/mol. The van der Waals surface area contributed by atoms with Gasteiger partial charge in [0.1, 0.15) is 12.4 Å². The van der Waals surface area contributed by atoms with Crippen LogP contribution in [-0.4, -0.2) is 0 Å². The zero-order chi connectivity index (χ0) is 18.5. The Kier molecular flexibility index (Phi) is 5.06. The van der Waals surface area contributed by atoms with Crippen LogP contribution in [0.3, 0.4) is 0 Å². The second kappa shape index (κ2) is 7.96. The van der Waals surface area contributed by atoms with Gasteiger partial charge < -0.3 is 10.1 Å². The molecule has 0 radical (unpaired) electrons. The summed E-state index contributed by atoms with van der Waals surface area (Å²) >= 11 is 0. The molecule has 0 atom stereocenters. The van der Waals surface area contributed by atoms with E-state index in [4.69, 9.17) is 4.74 Å². The molecule has 2 heteroatoms. The highest BCUT2D eigenvalue weighted by atomic mass is 16.5. The molecule has 0 heterocycles. The molecule has 1 N–H and O–H groups in total. The molecule has 0 amide bonds. The summed E-state index contributed by atoms with van der Waals surface area (Å²) in [6, 6.07) is 31.3. The Balaban J connectivity index is 1.64. The van der Waals surface area contributed by atoms with Crippen LogP contribution in [0, 0.1) is 6.92 Å². The number of fused-ring (bicyclic) bond motifs is 1. The van der Waals surface area contributed by atoms with E-state index in [0.717, 1.165) is 18.0 Å². The summed E-state index contributed by atoms with van der Waals surface area (Å²) in [6.07, 6.45) is 0. The number of ether oxygens (including phenoxy) is 1. The Bertz CT molecular complexity index is 1040. The van der Waals surface area contributed by atoms with Gasteiger partial charge in [-0.3, -0.25) is 0 Å². The molecule has 134 valence electrons. The van der Waals surface area contributed by atoms with E-state index in [-0.39, 0.29) is 0 Å². The zero-order valence-electron chi connectivity index (χ0n) is 15.5. The molecule has 4 rings (SSSR count). The average Bonchev–Trinajstić information content (AvgIpc) is 2.72. The molecule has 0 bridgehead atoms. The smallest absolute Gasteiger partial charge is 0.125 e. The Hall–Kier alpha value is -3.26. The highest BCUT2D eigenvalue weighted by Crippen LogP contribution is 2.30. The lowest BCUT2D eigenvalue weighted by Gasteiger charge is -2.16. The normalized spacial score (nSPS) is 10.7. The lowest BCUT2D eigenvalue weighted by Crippen LogP contribution is -2.05. The second-order valence-corrected chi connectivity index (χ2v) is 6.71. The van der Waals surface area contributed by atoms with E-state index < -0.39 is 0 Å². The van der Waals surface area contributed by atoms with Gasteiger partial charge in [0.15, 0.2) is 0 Å². The minimum atomic E-state index is 0.566. The van der Waals surface area contributed by atoms with Crippen molar-refractivity contribution in [1.82, 2.24) is 0 Å². The molecule has 0 aliphatic carbocycles. The Morgan fingerprint density at radius 2 is 1.48 bits per heavy atom. The summed E-state index contributed by atoms with van der Waals surface area (Å²) in [6.45, 7) is 3.41. The van der Waals surface area contributed by atoms with Crippen molar-refractivity contribution >= 4 is 16.5 Å². The first-order valence-electron chi connectivity index (χ1n) is 9.28. The van der Waals surface area contributed by atoms with E-state index >= 15 is 0 Å². The zero-order valence-corrected chi connectivity index (χ0v) is 15.5. The highest BCUT2D eigenvalue weighted by molar-refractivity contribution is 5.88. The standard InChI is InChI=1S/C25H23NO/c1-19-9-5-8-14-24(19)26-17-23-22-13-7-6-12-21(22)15-16-25(23)27-18-20-10-3-2-4-11-20/h2-16,26H,17-18H2,1H3. The quantitative estimate of drug-likeness (QED) is 0.437. The van der Waals surface area contributed by atoms with Crippen LogP contribution in [0.2, 0.25) is 0 Å². The van der Waals surface area contributed by atoms with Crippen molar-refractivity contribution in [2.24, 2.45) is 0 Å². The number of aryl methyl sites for hydroxylation is 1. The highest BCUT2D eigenvalue weighted by Gasteiger charge is 2.10. The first-order valence-corrected chi connectivity index (χ1v) is 9.28. The molecule has 0 aliphatic rings. The second-order valence-electron chi connectivity index (χ2n) is 6.71. The van der Waals surface area contributed by atoms with E-state index in [0.29, 0.717) is 6.61 Å². The largest absolute Gasteiger partial charge is 0.489 e. The van der Waals surface area contributed by atoms with Crippen LogP contribution >= 0.6 is 0 Å². The number of benzene rings is 4. The van der Waals surface area contributed by atoms with E-state index in [1.54, 1.807) is 0 Å². The lowest BCUT2D eigenvalue weighted by molar-refractivity contribution is 0.304. The third-order valence-electron chi connectivity index (χ3n) is 4.84. The number of hydrogen-bond donors (Lipinski definition) is 1. The number of hydrogen-bond acceptors (Lipinski definition) is 2. The van der Waals surface area contributed by atoms with Crippen LogP contribution in [-0.2, 0) is 13.2 Å². The molecule has 0 saturated carbocycles. The molecule has 0 spiro atoms. The number of para-hydroxylation sites is 1. The van der Waals surface area contributed by atoms with Gasteiger partial charge in [-0.1, -0.05) is 78.9 Å². The van der Waals surface area contributed by atoms with Gasteiger partial charge >= 0.3 is 0 Å². The van der Waals surface area contributed by atoms with Gasteiger partial charge in [0.25, 0.3) is 0 Å². The van der Waals surface area contributed by atoms with Crippen molar-refractivity contribution in [2.45, 2.75) is 20.1 Å². The minimum absolute atomic E-state index is 0.566. The molecule has 4 aromatic rings. The topological polar surface area (TPSA) is 21.3 Å². The van der Waals surface area contributed by atoms with Crippen molar-refractivity contribution in [3.05, 3.63) is 108 Å². The molecular weight excluding hydrogens is 330 g/mol. The fourth-order valence-electron chi connectivity index (χ4n) is 3.32. The van der Waals surface area contributed by atoms with Gasteiger partial charge in [-0.15, -0.1) is 0 Å². The van der Waals surface area contributed by atoms with Gasteiger partial charge in [0.05, 0.1) is 0 Å². The SMILES string of the molecule is Cc1ccccc1NCc1c(OCc2ccccc2)ccc2ccccc12. The molecule has 0 unspecified atom stereocenters. The van der Waals surface area contributed by atoms with Crippen LogP contribution < -0.4 is 10.1 Å². The van der Waals surface area contributed by atoms with Crippen LogP contribution in [0.5, 0.6) is 5.75 Å². The summed E-state index contributed by atoms with van der Waals surface area (Å²) < 4.78 is 6.21. The summed E-state index contributed by atoms with van der Waals surface area (Å²) in [5.74, 6) is 0.929. The van der Waals surface area contributed by atoms with E-state index in [1.807, 2.05) is 18.2 Å². The van der Waals surface area contributed by atoms with Crippen molar-refractivity contribution < 1.29 is 4.74 Å². The first-order chi connectivity index (χ1) is 13.3. The molecule has 27 heavy (non-hydrogen) atoms. The maximum atomic E-state index is 6.21. The molecule has 2 nitrogen and oxygen atoms in total. The van der Waals surface area contributed by atoms with Crippen LogP contribution in [0.15, 0.2) is 91.0 Å². The van der Waals surface area contributed by atoms with Gasteiger partial charge in [0.2, 0.25) is 0 Å². The summed E-state index contributed by atoms with van der Waals surface area (Å²) in [4.78, 5) is 0. The summed E-state index contributed by atoms with van der Waals surface area (Å²) in [5.41, 5.74) is 4.75. The minimum Gasteiger partial charge on any atom is -0.489 e. The van der Waals surface area contributed by atoms with Gasteiger partial charge in [0, 0.05) is 17.8 Å². The van der Waals surface area contributed by atoms with Crippen molar-refractivity contribution in [1.29, 1.82) is 0 Å². The van der Waals surface area contributed by atoms with Gasteiger partial charge in [-0.2, -0.15) is 0 Å². The molecule has 4 aromatic carbocycles. The van der Waals surface area contributed by atoms with E-state index in [9.17, 15) is 0 Å². The number of anilines is 1. The van der Waals surface area contributed by atoms with Crippen LogP contribution in [0.25, 0.3) is 10.8 Å². The molecule has 0 saturated heterocycles. The predicted octanol–water partition coefficient (Wildman–Crippen LogP) is 6.34. The van der Waals surface area contributed by atoms with Crippen molar-refractivity contribution in [3.8, 4) is 5.75 Å². The first kappa shape index (κ1) is 17.2. The molecule has 0 fully saturated rings. The molecule has 0 aromatic heterocycles. The third-order valence-corrected chi connectivity index (χ3v) is 4.84. The number of nitrogens with one attached hydrogen (secondary N) is 1. The number of rotatable bonds is 6. The van der Waals surface area contributed by atoms with Gasteiger partial charge in [-0.25, -0.2) is 0 Å². The Morgan fingerprint density at radius 1 is 0.741 bits per heavy atom. The Morgan fingerprint density at radius 3 is 2.33 bits per heavy atom. The van der Waals surface area contributed by atoms with Crippen molar-refractivity contribution in [3.63, 3.8) is 0 Å². The van der Waals surface area contributed by atoms with Gasteiger partial charge in [-0.05, 0) is 41.0 Å². The fourth-order valence-corrected chi connectivity index (χ4v) is 3.32. The molecule has 0 aliphatic heterocycles. The van der Waals surface area contributed by atoms with E-state index in [2.05, 4.69) is 85.0 Å². The van der Waals surface area contributed by atoms with Crippen LogP contribution in [0.1, 0.15) is 16.7 Å². The Labute approximate surface area is 160 Å². The lowest BCUT2D eigenvalue weighted by atomic mass is 10.0. The maximum absolute atomic E-state index is 6.21. The monoisotopic (exact) mass is 353 g/mol. The summed E-state index contributed by atoms with van der Waals surface area (Å²) in [7, 11) is 0. The third kappa shape index (κ3) is 3.95. The summed E-state index contributed by atoms with van der Waals surface area (Å²) in [5, 5.41) is 6.03. The molecular formula is C25H23NO.